The third-order valence-corrected chi connectivity index (χ3v) is 3.18. The maximum absolute atomic E-state index is 13.1. The Morgan fingerprint density at radius 1 is 1.25 bits per heavy atom. The summed E-state index contributed by atoms with van der Waals surface area (Å²) in [7, 11) is 1.78. The largest absolute Gasteiger partial charge is 0.416 e. The molecule has 0 aromatic heterocycles. The van der Waals surface area contributed by atoms with E-state index in [0.717, 1.165) is 0 Å². The molecule has 2 nitrogen and oxygen atoms in total. The summed E-state index contributed by atoms with van der Waals surface area (Å²) in [6, 6.07) is 4.54. The lowest BCUT2D eigenvalue weighted by Gasteiger charge is -2.21. The van der Waals surface area contributed by atoms with Gasteiger partial charge in [0, 0.05) is 25.8 Å². The molecular weight excluding hydrogens is 265 g/mol. The summed E-state index contributed by atoms with van der Waals surface area (Å²) >= 11 is 0. The zero-order chi connectivity index (χ0) is 15.3. The quantitative estimate of drug-likeness (QED) is 0.854. The third-order valence-electron chi connectivity index (χ3n) is 3.18. The highest BCUT2D eigenvalue weighted by Crippen LogP contribution is 2.34. The van der Waals surface area contributed by atoms with Gasteiger partial charge in [0.05, 0.1) is 5.56 Å². The first-order valence-corrected chi connectivity index (χ1v) is 6.87. The van der Waals surface area contributed by atoms with Crippen molar-refractivity contribution in [2.45, 2.75) is 33.5 Å². The second-order valence-electron chi connectivity index (χ2n) is 5.38. The Hall–Kier alpha value is -1.23. The highest BCUT2D eigenvalue weighted by molar-refractivity contribution is 5.51. The number of alkyl halides is 3. The van der Waals surface area contributed by atoms with Crippen molar-refractivity contribution in [1.82, 2.24) is 5.32 Å². The van der Waals surface area contributed by atoms with E-state index in [0.29, 0.717) is 30.3 Å². The highest BCUT2D eigenvalue weighted by atomic mass is 19.4. The van der Waals surface area contributed by atoms with Crippen molar-refractivity contribution in [2.75, 3.05) is 25.0 Å². The molecule has 1 aromatic carbocycles. The minimum Gasteiger partial charge on any atom is -0.375 e. The molecule has 0 atom stereocenters. The van der Waals surface area contributed by atoms with Crippen molar-refractivity contribution >= 4 is 5.69 Å². The molecule has 20 heavy (non-hydrogen) atoms. The van der Waals surface area contributed by atoms with Gasteiger partial charge in [-0.05, 0) is 37.1 Å². The molecule has 0 spiro atoms. The monoisotopic (exact) mass is 288 g/mol. The van der Waals surface area contributed by atoms with Crippen LogP contribution in [0.15, 0.2) is 18.2 Å². The van der Waals surface area contributed by atoms with Crippen LogP contribution in [0.2, 0.25) is 0 Å². The zero-order valence-electron chi connectivity index (χ0n) is 12.5. The average Bonchev–Trinajstić information content (AvgIpc) is 2.36. The molecule has 0 heterocycles. The van der Waals surface area contributed by atoms with Gasteiger partial charge in [-0.3, -0.25) is 0 Å². The van der Waals surface area contributed by atoms with Gasteiger partial charge in [-0.2, -0.15) is 13.2 Å². The molecule has 1 N–H and O–H groups in total. The molecule has 1 aromatic rings. The van der Waals surface area contributed by atoms with E-state index in [1.54, 1.807) is 24.1 Å². The van der Waals surface area contributed by atoms with Crippen LogP contribution in [0, 0.1) is 5.92 Å². The minimum absolute atomic E-state index is 0.239. The summed E-state index contributed by atoms with van der Waals surface area (Å²) < 4.78 is 39.4. The molecule has 0 saturated carbocycles. The van der Waals surface area contributed by atoms with Gasteiger partial charge in [-0.15, -0.1) is 0 Å². The van der Waals surface area contributed by atoms with Crippen molar-refractivity contribution in [2.24, 2.45) is 5.92 Å². The Kier molecular flexibility index (Phi) is 5.87. The normalized spacial score (nSPS) is 12.0. The Morgan fingerprint density at radius 3 is 2.40 bits per heavy atom. The van der Waals surface area contributed by atoms with Crippen LogP contribution in [0.1, 0.15) is 31.9 Å². The first kappa shape index (κ1) is 16.8. The lowest BCUT2D eigenvalue weighted by Crippen LogP contribution is -2.22. The minimum atomic E-state index is -4.32. The van der Waals surface area contributed by atoms with Crippen LogP contribution in [0.5, 0.6) is 0 Å². The number of hydrogen-bond acceptors (Lipinski definition) is 2. The topological polar surface area (TPSA) is 15.3 Å². The predicted molar refractivity (Wildman–Crippen MR) is 76.9 cm³/mol. The average molecular weight is 288 g/mol. The van der Waals surface area contributed by atoms with E-state index >= 15 is 0 Å². The van der Waals surface area contributed by atoms with Crippen LogP contribution in [-0.4, -0.2) is 20.1 Å². The number of benzene rings is 1. The standard InChI is InChI=1S/C15H23F3N2/c1-5-20(4)13-7-6-12(10-19-9-11(2)3)14(8-13)15(16,17)18/h6-8,11,19H,5,9-10H2,1-4H3. The molecule has 0 aliphatic heterocycles. The van der Waals surface area contributed by atoms with Crippen LogP contribution in [-0.2, 0) is 12.7 Å². The Morgan fingerprint density at radius 2 is 1.90 bits per heavy atom. The molecule has 1 rings (SSSR count). The summed E-state index contributed by atoms with van der Waals surface area (Å²) in [5.74, 6) is 0.412. The predicted octanol–water partition coefficient (Wildman–Crippen LogP) is 3.91. The van der Waals surface area contributed by atoms with Gasteiger partial charge >= 0.3 is 6.18 Å². The van der Waals surface area contributed by atoms with Gasteiger partial charge < -0.3 is 10.2 Å². The first-order chi connectivity index (χ1) is 9.25. The maximum Gasteiger partial charge on any atom is 0.416 e. The van der Waals surface area contributed by atoms with E-state index in [1.165, 1.54) is 6.07 Å². The van der Waals surface area contributed by atoms with Crippen LogP contribution >= 0.6 is 0 Å². The SMILES string of the molecule is CCN(C)c1ccc(CNCC(C)C)c(C(F)(F)F)c1. The number of anilines is 1. The summed E-state index contributed by atoms with van der Waals surface area (Å²) in [5.41, 5.74) is 0.338. The summed E-state index contributed by atoms with van der Waals surface area (Å²) in [6.07, 6.45) is -4.32. The van der Waals surface area contributed by atoms with Gasteiger partial charge in [0.25, 0.3) is 0 Å². The fourth-order valence-corrected chi connectivity index (χ4v) is 1.90. The van der Waals surface area contributed by atoms with E-state index in [4.69, 9.17) is 0 Å². The van der Waals surface area contributed by atoms with Crippen molar-refractivity contribution in [1.29, 1.82) is 0 Å². The molecule has 0 radical (unpaired) electrons. The lowest BCUT2D eigenvalue weighted by atomic mass is 10.0. The second-order valence-corrected chi connectivity index (χ2v) is 5.38. The van der Waals surface area contributed by atoms with E-state index in [9.17, 15) is 13.2 Å². The molecule has 0 amide bonds. The van der Waals surface area contributed by atoms with E-state index in [-0.39, 0.29) is 6.54 Å². The Balaban J connectivity index is 2.99. The third kappa shape index (κ3) is 4.71. The number of nitrogens with zero attached hydrogens (tertiary/aromatic N) is 1. The molecule has 114 valence electrons. The molecule has 0 bridgehead atoms. The Bertz CT molecular complexity index is 428. The fourth-order valence-electron chi connectivity index (χ4n) is 1.90. The number of hydrogen-bond donors (Lipinski definition) is 1. The number of rotatable bonds is 6. The van der Waals surface area contributed by atoms with Crippen molar-refractivity contribution in [3.63, 3.8) is 0 Å². The molecule has 0 fully saturated rings. The Labute approximate surface area is 119 Å². The number of halogens is 3. The van der Waals surface area contributed by atoms with E-state index in [2.05, 4.69) is 5.32 Å². The molecule has 0 saturated heterocycles. The molecule has 0 unspecified atom stereocenters. The molecule has 5 heteroatoms. The maximum atomic E-state index is 13.1. The summed E-state index contributed by atoms with van der Waals surface area (Å²) in [5, 5.41) is 3.06. The molecule has 0 aliphatic rings. The van der Waals surface area contributed by atoms with Gasteiger partial charge in [-0.25, -0.2) is 0 Å². The smallest absolute Gasteiger partial charge is 0.375 e. The van der Waals surface area contributed by atoms with Crippen molar-refractivity contribution in [3.05, 3.63) is 29.3 Å². The lowest BCUT2D eigenvalue weighted by molar-refractivity contribution is -0.138. The molecular formula is C15H23F3N2. The van der Waals surface area contributed by atoms with Gasteiger partial charge in [0.15, 0.2) is 0 Å². The van der Waals surface area contributed by atoms with Crippen molar-refractivity contribution < 1.29 is 13.2 Å². The fraction of sp³-hybridized carbons (Fsp3) is 0.600. The van der Waals surface area contributed by atoms with Crippen LogP contribution in [0.25, 0.3) is 0 Å². The van der Waals surface area contributed by atoms with E-state index in [1.807, 2.05) is 20.8 Å². The van der Waals surface area contributed by atoms with Gasteiger partial charge in [-0.1, -0.05) is 19.9 Å². The van der Waals surface area contributed by atoms with Crippen molar-refractivity contribution in [3.8, 4) is 0 Å². The summed E-state index contributed by atoms with van der Waals surface area (Å²) in [6.45, 7) is 7.57. The van der Waals surface area contributed by atoms with Crippen LogP contribution in [0.4, 0.5) is 18.9 Å². The van der Waals surface area contributed by atoms with E-state index < -0.39 is 11.7 Å². The zero-order valence-corrected chi connectivity index (χ0v) is 12.5. The van der Waals surface area contributed by atoms with Crippen LogP contribution < -0.4 is 10.2 Å². The first-order valence-electron chi connectivity index (χ1n) is 6.87. The molecule has 0 aliphatic carbocycles. The van der Waals surface area contributed by atoms with Crippen LogP contribution in [0.3, 0.4) is 0 Å². The highest BCUT2D eigenvalue weighted by Gasteiger charge is 2.33. The second kappa shape index (κ2) is 6.97. The number of nitrogens with one attached hydrogen (secondary N) is 1. The summed E-state index contributed by atoms with van der Waals surface area (Å²) in [4.78, 5) is 1.79. The van der Waals surface area contributed by atoms with Gasteiger partial charge in [0.1, 0.15) is 0 Å². The van der Waals surface area contributed by atoms with Gasteiger partial charge in [0.2, 0.25) is 0 Å².